The van der Waals surface area contributed by atoms with Gasteiger partial charge >= 0.3 is 0 Å². The summed E-state index contributed by atoms with van der Waals surface area (Å²) >= 11 is 12.2. The number of anilines is 2. The second-order valence-corrected chi connectivity index (χ2v) is 10.8. The van der Waals surface area contributed by atoms with E-state index in [-0.39, 0.29) is 0 Å². The number of amides is 1. The molecule has 45 heavy (non-hydrogen) atoms. The number of nitrogen functional groups attached to an aromatic ring is 2. The normalized spacial score (nSPS) is 10.6. The molecule has 6 N–H and O–H groups in total. The Balaban J connectivity index is 0.000000178. The van der Waals surface area contributed by atoms with Crippen LogP contribution in [0.5, 0.6) is 0 Å². The molecule has 6 rings (SSSR count). The molecule has 4 aromatic heterocycles. The standard InChI is InChI=1S/C16H14ClN5O.C16H12ClN5/c1-9-2-3-11(17)5-13(9)22-7-10(4-14(22)16(19)23)12-6-15(18)21-8-20-12;1-10-2-3-12(17)5-15(10)22-8-11(4-13(22)7-18)14-6-16(19)21-9-20-14/h2-8H,1H3,(H2,19,23)(H2,18,20,21);2-6,8-9H,1H3,(H2,19,20,21). The Morgan fingerprint density at radius 2 is 1.22 bits per heavy atom. The van der Waals surface area contributed by atoms with Gasteiger partial charge in [0.2, 0.25) is 0 Å². The first kappa shape index (κ1) is 30.7. The molecule has 0 fully saturated rings. The van der Waals surface area contributed by atoms with Gasteiger partial charge in [0.1, 0.15) is 41.7 Å². The van der Waals surface area contributed by atoms with E-state index in [9.17, 15) is 10.1 Å². The molecule has 0 atom stereocenters. The molecule has 0 saturated carbocycles. The number of aryl methyl sites for hydroxylation is 2. The summed E-state index contributed by atoms with van der Waals surface area (Å²) in [5.41, 5.74) is 24.1. The van der Waals surface area contributed by atoms with Crippen molar-refractivity contribution >= 4 is 40.7 Å². The highest BCUT2D eigenvalue weighted by molar-refractivity contribution is 6.31. The lowest BCUT2D eigenvalue weighted by Gasteiger charge is -2.10. The monoisotopic (exact) mass is 636 g/mol. The molecule has 0 aliphatic rings. The summed E-state index contributed by atoms with van der Waals surface area (Å²) in [6.07, 6.45) is 6.40. The highest BCUT2D eigenvalue weighted by atomic mass is 35.5. The van der Waals surface area contributed by atoms with E-state index in [1.54, 1.807) is 51.7 Å². The molecule has 0 unspecified atom stereocenters. The van der Waals surface area contributed by atoms with Gasteiger partial charge in [-0.3, -0.25) is 4.79 Å². The first-order chi connectivity index (χ1) is 21.5. The zero-order valence-corrected chi connectivity index (χ0v) is 25.6. The van der Waals surface area contributed by atoms with Gasteiger partial charge in [0.25, 0.3) is 5.91 Å². The fourth-order valence-electron chi connectivity index (χ4n) is 4.62. The van der Waals surface area contributed by atoms with Crippen LogP contribution in [0.3, 0.4) is 0 Å². The Kier molecular flexibility index (Phi) is 8.81. The molecule has 13 heteroatoms. The Bertz CT molecular complexity index is 2090. The average Bonchev–Trinajstić information content (AvgIpc) is 3.66. The molecule has 4 heterocycles. The Labute approximate surface area is 268 Å². The lowest BCUT2D eigenvalue weighted by atomic mass is 10.2. The number of rotatable bonds is 5. The van der Waals surface area contributed by atoms with Crippen molar-refractivity contribution in [2.75, 3.05) is 11.5 Å². The molecule has 2 aromatic carbocycles. The van der Waals surface area contributed by atoms with Crippen molar-refractivity contribution in [1.29, 1.82) is 5.26 Å². The molecule has 0 saturated heterocycles. The molecular weight excluding hydrogens is 611 g/mol. The van der Waals surface area contributed by atoms with Crippen molar-refractivity contribution in [3.05, 3.63) is 118 Å². The number of benzene rings is 2. The van der Waals surface area contributed by atoms with Gasteiger partial charge in [0.05, 0.1) is 22.8 Å². The van der Waals surface area contributed by atoms with Gasteiger partial charge in [-0.05, 0) is 61.4 Å². The molecular formula is C32H26Cl2N10O. The number of nitriles is 1. The number of aromatic nitrogens is 6. The average molecular weight is 638 g/mol. The molecule has 6 aromatic rings. The van der Waals surface area contributed by atoms with E-state index in [4.69, 9.17) is 40.4 Å². The SMILES string of the molecule is Cc1ccc(Cl)cc1-n1cc(-c2cc(N)ncn2)cc1C#N.Cc1ccc(Cl)cc1-n1cc(-c2cc(N)ncn2)cc1C(N)=O. The second kappa shape index (κ2) is 12.9. The van der Waals surface area contributed by atoms with Crippen LogP contribution in [0.2, 0.25) is 10.0 Å². The van der Waals surface area contributed by atoms with Crippen LogP contribution in [-0.4, -0.2) is 35.0 Å². The van der Waals surface area contributed by atoms with Crippen molar-refractivity contribution in [3.8, 4) is 40.0 Å². The van der Waals surface area contributed by atoms with Crippen molar-refractivity contribution in [2.24, 2.45) is 5.73 Å². The van der Waals surface area contributed by atoms with Crippen LogP contribution in [-0.2, 0) is 0 Å². The van der Waals surface area contributed by atoms with Gasteiger partial charge in [0, 0.05) is 45.7 Å². The molecule has 0 aliphatic carbocycles. The zero-order valence-electron chi connectivity index (χ0n) is 24.1. The number of carbonyl (C=O) groups excluding carboxylic acids is 1. The van der Waals surface area contributed by atoms with Crippen LogP contribution in [0, 0.1) is 25.2 Å². The van der Waals surface area contributed by atoms with Gasteiger partial charge in [0.15, 0.2) is 0 Å². The maximum atomic E-state index is 11.8. The molecule has 0 bridgehead atoms. The van der Waals surface area contributed by atoms with Crippen molar-refractivity contribution in [1.82, 2.24) is 29.1 Å². The van der Waals surface area contributed by atoms with E-state index in [2.05, 4.69) is 26.0 Å². The van der Waals surface area contributed by atoms with E-state index in [1.807, 2.05) is 44.3 Å². The number of nitrogens with two attached hydrogens (primary N) is 3. The van der Waals surface area contributed by atoms with Crippen LogP contribution in [0.1, 0.15) is 27.3 Å². The summed E-state index contributed by atoms with van der Waals surface area (Å²) in [5, 5.41) is 10.6. The Hall–Kier alpha value is -5.70. The maximum absolute atomic E-state index is 11.8. The second-order valence-electron chi connectivity index (χ2n) is 9.96. The van der Waals surface area contributed by atoms with Crippen LogP contribution in [0.4, 0.5) is 11.6 Å². The quantitative estimate of drug-likeness (QED) is 0.208. The minimum absolute atomic E-state index is 0.336. The van der Waals surface area contributed by atoms with Crippen LogP contribution in [0.25, 0.3) is 33.9 Å². The Morgan fingerprint density at radius 3 is 1.71 bits per heavy atom. The lowest BCUT2D eigenvalue weighted by molar-refractivity contribution is 0.0994. The van der Waals surface area contributed by atoms with E-state index in [1.165, 1.54) is 12.7 Å². The smallest absolute Gasteiger partial charge is 0.265 e. The third-order valence-electron chi connectivity index (χ3n) is 6.84. The highest BCUT2D eigenvalue weighted by Gasteiger charge is 2.16. The van der Waals surface area contributed by atoms with Gasteiger partial charge in [-0.2, -0.15) is 5.26 Å². The third kappa shape index (κ3) is 6.78. The molecule has 224 valence electrons. The minimum atomic E-state index is -0.544. The van der Waals surface area contributed by atoms with E-state index in [0.29, 0.717) is 50.0 Å². The van der Waals surface area contributed by atoms with Gasteiger partial charge in [-0.25, -0.2) is 19.9 Å². The van der Waals surface area contributed by atoms with Crippen LogP contribution >= 0.6 is 23.2 Å². The Morgan fingerprint density at radius 1 is 0.733 bits per heavy atom. The summed E-state index contributed by atoms with van der Waals surface area (Å²) in [7, 11) is 0. The van der Waals surface area contributed by atoms with E-state index < -0.39 is 5.91 Å². The van der Waals surface area contributed by atoms with Gasteiger partial charge in [-0.1, -0.05) is 35.3 Å². The fourth-order valence-corrected chi connectivity index (χ4v) is 4.96. The first-order valence-corrected chi connectivity index (χ1v) is 14.1. The molecule has 0 radical (unpaired) electrons. The van der Waals surface area contributed by atoms with Gasteiger partial charge in [-0.15, -0.1) is 0 Å². The van der Waals surface area contributed by atoms with E-state index >= 15 is 0 Å². The zero-order chi connectivity index (χ0) is 32.2. The summed E-state index contributed by atoms with van der Waals surface area (Å²) < 4.78 is 3.51. The lowest BCUT2D eigenvalue weighted by Crippen LogP contribution is -2.16. The summed E-state index contributed by atoms with van der Waals surface area (Å²) in [5.74, 6) is 0.190. The number of primary amides is 1. The highest BCUT2D eigenvalue weighted by Crippen LogP contribution is 2.28. The summed E-state index contributed by atoms with van der Waals surface area (Å²) in [6, 6.07) is 20.0. The van der Waals surface area contributed by atoms with Crippen molar-refractivity contribution in [3.63, 3.8) is 0 Å². The molecule has 0 aliphatic heterocycles. The molecule has 1 amide bonds. The number of halogens is 2. The number of carbonyl (C=O) groups is 1. The largest absolute Gasteiger partial charge is 0.384 e. The predicted octanol–water partition coefficient (Wildman–Crippen LogP) is 5.93. The van der Waals surface area contributed by atoms with Crippen molar-refractivity contribution < 1.29 is 4.79 Å². The van der Waals surface area contributed by atoms with Gasteiger partial charge < -0.3 is 26.3 Å². The van der Waals surface area contributed by atoms with Crippen LogP contribution in [0.15, 0.2) is 85.7 Å². The summed E-state index contributed by atoms with van der Waals surface area (Å²) in [4.78, 5) is 27.9. The number of hydrogen-bond acceptors (Lipinski definition) is 8. The predicted molar refractivity (Wildman–Crippen MR) is 175 cm³/mol. The number of hydrogen-bond donors (Lipinski definition) is 3. The molecule has 11 nitrogen and oxygen atoms in total. The minimum Gasteiger partial charge on any atom is -0.384 e. The summed E-state index contributed by atoms with van der Waals surface area (Å²) in [6.45, 7) is 3.90. The topological polar surface area (TPSA) is 180 Å². The van der Waals surface area contributed by atoms with Crippen LogP contribution < -0.4 is 17.2 Å². The maximum Gasteiger partial charge on any atom is 0.265 e. The number of nitrogens with zero attached hydrogens (tertiary/aromatic N) is 7. The molecule has 0 spiro atoms. The third-order valence-corrected chi connectivity index (χ3v) is 7.31. The fraction of sp³-hybridized carbons (Fsp3) is 0.0625. The van der Waals surface area contributed by atoms with E-state index in [0.717, 1.165) is 28.1 Å². The first-order valence-electron chi connectivity index (χ1n) is 13.4. The van der Waals surface area contributed by atoms with Crippen molar-refractivity contribution in [2.45, 2.75) is 13.8 Å².